The Hall–Kier alpha value is -3.68. The largest absolute Gasteiger partial charge is 0.445 e. The SMILES string of the molecule is O=C1O[C@@H](c2ccccc2)C(=O)C1=P(c1ccccc1)(c1ccccc1)c1ccccc1. The highest BCUT2D eigenvalue weighted by Gasteiger charge is 2.46. The smallest absolute Gasteiger partial charge is 0.344 e. The summed E-state index contributed by atoms with van der Waals surface area (Å²) in [6, 6.07) is 38.9. The number of carbonyl (C=O) groups excluding carboxylic acids is 2. The van der Waals surface area contributed by atoms with E-state index >= 15 is 0 Å². The van der Waals surface area contributed by atoms with Gasteiger partial charge in [0.2, 0.25) is 5.78 Å². The molecule has 156 valence electrons. The second-order valence-corrected chi connectivity index (χ2v) is 10.9. The Morgan fingerprint density at radius 2 is 0.906 bits per heavy atom. The van der Waals surface area contributed by atoms with E-state index in [0.717, 1.165) is 15.9 Å². The minimum Gasteiger partial charge on any atom is -0.445 e. The van der Waals surface area contributed by atoms with Gasteiger partial charge in [-0.1, -0.05) is 121 Å². The summed E-state index contributed by atoms with van der Waals surface area (Å²) in [5.74, 6) is -0.792. The molecule has 1 fully saturated rings. The van der Waals surface area contributed by atoms with Gasteiger partial charge in [0.1, 0.15) is 5.29 Å². The molecule has 3 nitrogen and oxygen atoms in total. The quantitative estimate of drug-likeness (QED) is 0.359. The van der Waals surface area contributed by atoms with Gasteiger partial charge in [-0.2, -0.15) is 0 Å². The summed E-state index contributed by atoms with van der Waals surface area (Å²) < 4.78 is 5.75. The fourth-order valence-electron chi connectivity index (χ4n) is 4.38. The Bertz CT molecular complexity index is 1210. The molecule has 5 rings (SSSR count). The van der Waals surface area contributed by atoms with Gasteiger partial charge in [-0.15, -0.1) is 0 Å². The molecule has 0 amide bonds. The maximum atomic E-state index is 13.9. The van der Waals surface area contributed by atoms with Crippen LogP contribution in [0.4, 0.5) is 0 Å². The van der Waals surface area contributed by atoms with Crippen LogP contribution in [0.15, 0.2) is 121 Å². The van der Waals surface area contributed by atoms with E-state index in [4.69, 9.17) is 4.74 Å². The zero-order valence-electron chi connectivity index (χ0n) is 17.3. The lowest BCUT2D eigenvalue weighted by atomic mass is 10.1. The van der Waals surface area contributed by atoms with Gasteiger partial charge in [0.25, 0.3) is 0 Å². The van der Waals surface area contributed by atoms with Crippen LogP contribution < -0.4 is 15.9 Å². The van der Waals surface area contributed by atoms with Gasteiger partial charge in [-0.25, -0.2) is 4.79 Å². The van der Waals surface area contributed by atoms with Crippen LogP contribution in [0.3, 0.4) is 0 Å². The third kappa shape index (κ3) is 3.23. The van der Waals surface area contributed by atoms with E-state index in [1.54, 1.807) is 0 Å². The minimum absolute atomic E-state index is 0.245. The van der Waals surface area contributed by atoms with Crippen LogP contribution in [0.1, 0.15) is 11.7 Å². The van der Waals surface area contributed by atoms with Crippen LogP contribution in [0.5, 0.6) is 0 Å². The van der Waals surface area contributed by atoms with E-state index < -0.39 is 19.0 Å². The number of benzene rings is 4. The first-order valence-electron chi connectivity index (χ1n) is 10.5. The summed E-state index contributed by atoms with van der Waals surface area (Å²) in [7, 11) is 0. The van der Waals surface area contributed by atoms with Crippen LogP contribution >= 0.6 is 6.89 Å². The van der Waals surface area contributed by atoms with Gasteiger partial charge in [-0.05, 0) is 22.8 Å². The monoisotopic (exact) mass is 436 g/mol. The van der Waals surface area contributed by atoms with Crippen molar-refractivity contribution in [2.75, 3.05) is 0 Å². The molecular weight excluding hydrogens is 415 g/mol. The standard InChI is InChI=1S/C28H21O3P/c29-25-26(21-13-5-1-6-14-21)31-28(30)27(25)32(22-15-7-2-8-16-22,23-17-9-3-10-18-23)24-19-11-4-12-20-24/h1-20,26H/t26-/m0/s1. The lowest BCUT2D eigenvalue weighted by Gasteiger charge is -2.29. The normalized spacial score (nSPS) is 16.1. The maximum Gasteiger partial charge on any atom is 0.344 e. The molecule has 0 aromatic heterocycles. The number of rotatable bonds is 4. The summed E-state index contributed by atoms with van der Waals surface area (Å²) in [5, 5.41) is 3.10. The van der Waals surface area contributed by atoms with Gasteiger partial charge in [0.05, 0.1) is 0 Å². The Labute approximate surface area is 187 Å². The molecule has 4 heteroatoms. The molecule has 0 bridgehead atoms. The maximum absolute atomic E-state index is 13.9. The molecule has 4 aromatic carbocycles. The molecule has 1 atom stereocenters. The summed E-state index contributed by atoms with van der Waals surface area (Å²) in [4.78, 5) is 27.4. The van der Waals surface area contributed by atoms with Crippen LogP contribution in [-0.2, 0) is 14.3 Å². The first-order chi connectivity index (χ1) is 15.7. The number of hydrogen-bond donors (Lipinski definition) is 0. The zero-order chi connectivity index (χ0) is 22.0. The molecule has 0 radical (unpaired) electrons. The van der Waals surface area contributed by atoms with Crippen molar-refractivity contribution in [2.45, 2.75) is 6.10 Å². The number of ketones is 1. The number of Topliss-reactive ketones (excluding diaryl/α,β-unsaturated/α-hetero) is 1. The molecular formula is C28H21O3P. The van der Waals surface area contributed by atoms with Crippen LogP contribution in [0.2, 0.25) is 0 Å². The molecule has 0 aliphatic carbocycles. The highest BCUT2D eigenvalue weighted by atomic mass is 31.2. The van der Waals surface area contributed by atoms with Gasteiger partial charge in [0, 0.05) is 5.56 Å². The topological polar surface area (TPSA) is 43.4 Å². The number of ether oxygens (including phenoxy) is 1. The van der Waals surface area contributed by atoms with Crippen molar-refractivity contribution in [2.24, 2.45) is 0 Å². The van der Waals surface area contributed by atoms with E-state index in [-0.39, 0.29) is 11.1 Å². The van der Waals surface area contributed by atoms with E-state index in [0.29, 0.717) is 5.56 Å². The fraction of sp³-hybridized carbons (Fsp3) is 0.0357. The van der Waals surface area contributed by atoms with Crippen LogP contribution in [-0.4, -0.2) is 17.0 Å². The number of cyclic esters (lactones) is 1. The second kappa shape index (κ2) is 8.45. The lowest BCUT2D eigenvalue weighted by molar-refractivity contribution is -0.140. The molecule has 1 saturated heterocycles. The summed E-state index contributed by atoms with van der Waals surface area (Å²) in [6.07, 6.45) is -0.922. The van der Waals surface area contributed by atoms with E-state index in [1.807, 2.05) is 121 Å². The predicted molar refractivity (Wildman–Crippen MR) is 130 cm³/mol. The Morgan fingerprint density at radius 3 is 1.31 bits per heavy atom. The molecule has 4 aromatic rings. The molecule has 1 aliphatic heterocycles. The van der Waals surface area contributed by atoms with Crippen molar-refractivity contribution >= 4 is 39.8 Å². The molecule has 1 aliphatic rings. The Balaban J connectivity index is 1.92. The van der Waals surface area contributed by atoms with Crippen molar-refractivity contribution in [3.05, 3.63) is 127 Å². The van der Waals surface area contributed by atoms with Gasteiger partial charge < -0.3 is 4.74 Å². The third-order valence-corrected chi connectivity index (χ3v) is 10.0. The Kier molecular flexibility index (Phi) is 5.34. The molecule has 0 spiro atoms. The molecule has 0 N–H and O–H groups in total. The van der Waals surface area contributed by atoms with Gasteiger partial charge in [0.15, 0.2) is 6.10 Å². The van der Waals surface area contributed by atoms with E-state index in [9.17, 15) is 9.59 Å². The lowest BCUT2D eigenvalue weighted by Crippen LogP contribution is -2.34. The highest BCUT2D eigenvalue weighted by molar-refractivity contribution is 7.97. The van der Waals surface area contributed by atoms with Crippen LogP contribution in [0.25, 0.3) is 0 Å². The van der Waals surface area contributed by atoms with E-state index in [2.05, 4.69) is 0 Å². The average Bonchev–Trinajstić information content (AvgIpc) is 3.17. The predicted octanol–water partition coefficient (Wildman–Crippen LogP) is 4.02. The van der Waals surface area contributed by atoms with Crippen molar-refractivity contribution < 1.29 is 14.3 Å². The van der Waals surface area contributed by atoms with E-state index in [1.165, 1.54) is 0 Å². The third-order valence-electron chi connectivity index (χ3n) is 5.76. The second-order valence-electron chi connectivity index (χ2n) is 7.59. The van der Waals surface area contributed by atoms with Crippen molar-refractivity contribution in [1.29, 1.82) is 0 Å². The summed E-state index contributed by atoms with van der Waals surface area (Å²) >= 11 is 0. The van der Waals surface area contributed by atoms with Crippen molar-refractivity contribution in [3.8, 4) is 0 Å². The van der Waals surface area contributed by atoms with Crippen molar-refractivity contribution in [1.82, 2.24) is 0 Å². The first-order valence-corrected chi connectivity index (χ1v) is 12.3. The minimum atomic E-state index is -2.78. The summed E-state index contributed by atoms with van der Waals surface area (Å²) in [5.41, 5.74) is 0.688. The first kappa shape index (κ1) is 20.2. The average molecular weight is 436 g/mol. The highest BCUT2D eigenvalue weighted by Crippen LogP contribution is 2.49. The Morgan fingerprint density at radius 1 is 0.531 bits per heavy atom. The van der Waals surface area contributed by atoms with Crippen LogP contribution in [0, 0.1) is 0 Å². The molecule has 0 saturated carbocycles. The number of hydrogen-bond acceptors (Lipinski definition) is 3. The molecule has 1 heterocycles. The number of esters is 1. The number of carbonyl (C=O) groups is 2. The summed E-state index contributed by atoms with van der Waals surface area (Å²) in [6.45, 7) is -2.78. The fourth-order valence-corrected chi connectivity index (χ4v) is 8.68. The molecule has 0 unspecified atom stereocenters. The van der Waals surface area contributed by atoms with Crippen molar-refractivity contribution in [3.63, 3.8) is 0 Å². The van der Waals surface area contributed by atoms with Gasteiger partial charge in [-0.3, -0.25) is 4.79 Å². The molecule has 32 heavy (non-hydrogen) atoms. The zero-order valence-corrected chi connectivity index (χ0v) is 18.2. The van der Waals surface area contributed by atoms with Gasteiger partial charge >= 0.3 is 5.97 Å².